The fraction of sp³-hybridized carbons (Fsp3) is 0.733. The maximum atomic E-state index is 6.32. The van der Waals surface area contributed by atoms with Gasteiger partial charge < -0.3 is 4.74 Å². The second-order valence-corrected chi connectivity index (χ2v) is 8.55. The summed E-state index contributed by atoms with van der Waals surface area (Å²) in [6.45, 7) is 0.818. The molecule has 1 aromatic heterocycles. The molecule has 3 N–H and O–H groups in total. The maximum absolute atomic E-state index is 6.32. The van der Waals surface area contributed by atoms with E-state index in [2.05, 4.69) is 5.43 Å². The van der Waals surface area contributed by atoms with Crippen LogP contribution in [0.3, 0.4) is 0 Å². The largest absolute Gasteiger partial charge is 0.375 e. The van der Waals surface area contributed by atoms with Gasteiger partial charge in [-0.3, -0.25) is 11.3 Å². The van der Waals surface area contributed by atoms with Crippen molar-refractivity contribution < 1.29 is 4.74 Å². The third-order valence-corrected chi connectivity index (χ3v) is 6.48. The zero-order valence-electron chi connectivity index (χ0n) is 12.0. The number of nitrogens with one attached hydrogen (secondary N) is 1. The van der Waals surface area contributed by atoms with E-state index < -0.39 is 0 Å². The summed E-state index contributed by atoms with van der Waals surface area (Å²) in [6.07, 6.45) is 8.32. The number of hydrogen-bond donors (Lipinski definition) is 2. The molecule has 2 unspecified atom stereocenters. The summed E-state index contributed by atoms with van der Waals surface area (Å²) in [5, 5.41) is 0. The van der Waals surface area contributed by atoms with Gasteiger partial charge in [0.05, 0.1) is 20.3 Å². The summed E-state index contributed by atoms with van der Waals surface area (Å²) < 4.78 is 7.64. The van der Waals surface area contributed by atoms with Gasteiger partial charge in [-0.05, 0) is 37.7 Å². The minimum Gasteiger partial charge on any atom is -0.375 e. The van der Waals surface area contributed by atoms with Crippen LogP contribution in [0, 0.1) is 5.92 Å². The summed E-state index contributed by atoms with van der Waals surface area (Å²) in [5.41, 5.74) is 4.08. The van der Waals surface area contributed by atoms with Gasteiger partial charge in [-0.2, -0.15) is 0 Å². The lowest BCUT2D eigenvalue weighted by Crippen LogP contribution is -2.45. The van der Waals surface area contributed by atoms with Gasteiger partial charge in [0.1, 0.15) is 0 Å². The lowest BCUT2D eigenvalue weighted by molar-refractivity contribution is -0.122. The molecule has 1 aliphatic carbocycles. The molecule has 2 fully saturated rings. The maximum Gasteiger partial charge on any atom is 0.0992 e. The molecular formula is C15H22Cl2N2OS. The predicted octanol–water partition coefficient (Wildman–Crippen LogP) is 4.69. The van der Waals surface area contributed by atoms with Gasteiger partial charge in [-0.25, -0.2) is 0 Å². The standard InChI is InChI=1S/C15H22Cl2N2OS/c16-12-8-11(14(17)21-12)13(19-18)10-4-7-20-15(9-10)5-2-1-3-6-15/h8,10,13,19H,1-7,9,18H2. The zero-order valence-corrected chi connectivity index (χ0v) is 14.4. The van der Waals surface area contributed by atoms with Gasteiger partial charge in [0.15, 0.2) is 0 Å². The summed E-state index contributed by atoms with van der Waals surface area (Å²) in [7, 11) is 0. The highest BCUT2D eigenvalue weighted by molar-refractivity contribution is 7.20. The fourth-order valence-electron chi connectivity index (χ4n) is 3.94. The molecule has 21 heavy (non-hydrogen) atoms. The molecular weight excluding hydrogens is 327 g/mol. The average Bonchev–Trinajstić information content (AvgIpc) is 2.80. The summed E-state index contributed by atoms with van der Waals surface area (Å²) in [5.74, 6) is 6.29. The van der Waals surface area contributed by atoms with Crippen molar-refractivity contribution in [2.24, 2.45) is 11.8 Å². The number of halogens is 2. The Morgan fingerprint density at radius 2 is 2.10 bits per heavy atom. The van der Waals surface area contributed by atoms with Crippen molar-refractivity contribution in [1.82, 2.24) is 5.43 Å². The SMILES string of the molecule is NNC(c1cc(Cl)sc1Cl)C1CCOC2(CCCCC2)C1. The molecule has 0 bridgehead atoms. The summed E-state index contributed by atoms with van der Waals surface area (Å²) in [4.78, 5) is 0. The third-order valence-electron chi connectivity index (χ3n) is 4.96. The Morgan fingerprint density at radius 3 is 2.71 bits per heavy atom. The topological polar surface area (TPSA) is 47.3 Å². The summed E-state index contributed by atoms with van der Waals surface area (Å²) >= 11 is 13.8. The molecule has 1 spiro atoms. The normalized spacial score (nSPS) is 26.9. The van der Waals surface area contributed by atoms with Crippen molar-refractivity contribution in [2.75, 3.05) is 6.61 Å². The monoisotopic (exact) mass is 348 g/mol. The molecule has 1 aliphatic heterocycles. The lowest BCUT2D eigenvalue weighted by Gasteiger charge is -2.45. The van der Waals surface area contributed by atoms with Crippen molar-refractivity contribution in [2.45, 2.75) is 56.6 Å². The van der Waals surface area contributed by atoms with E-state index in [4.69, 9.17) is 33.8 Å². The van der Waals surface area contributed by atoms with E-state index >= 15 is 0 Å². The minimum atomic E-state index is 0.0592. The molecule has 1 aromatic rings. The van der Waals surface area contributed by atoms with Crippen LogP contribution >= 0.6 is 34.5 Å². The van der Waals surface area contributed by atoms with Crippen LogP contribution in [0.2, 0.25) is 8.67 Å². The Morgan fingerprint density at radius 1 is 1.33 bits per heavy atom. The fourth-order valence-corrected chi connectivity index (χ4v) is 5.49. The van der Waals surface area contributed by atoms with Crippen molar-refractivity contribution in [3.05, 3.63) is 20.3 Å². The number of hydrazine groups is 1. The first-order valence-electron chi connectivity index (χ1n) is 7.68. The highest BCUT2D eigenvalue weighted by Gasteiger charge is 2.41. The van der Waals surface area contributed by atoms with E-state index in [0.29, 0.717) is 5.92 Å². The first-order valence-corrected chi connectivity index (χ1v) is 9.26. The van der Waals surface area contributed by atoms with Crippen molar-refractivity contribution in [1.29, 1.82) is 0 Å². The van der Waals surface area contributed by atoms with Crippen LogP contribution in [0.15, 0.2) is 6.07 Å². The van der Waals surface area contributed by atoms with E-state index in [1.165, 1.54) is 43.4 Å². The molecule has 0 amide bonds. The van der Waals surface area contributed by atoms with Gasteiger partial charge in [-0.1, -0.05) is 42.5 Å². The molecule has 1 saturated heterocycles. The van der Waals surface area contributed by atoms with Gasteiger partial charge in [0, 0.05) is 12.2 Å². The number of hydrogen-bond acceptors (Lipinski definition) is 4. The second-order valence-electron chi connectivity index (χ2n) is 6.27. The molecule has 2 aliphatic rings. The molecule has 2 atom stereocenters. The quantitative estimate of drug-likeness (QED) is 0.615. The van der Waals surface area contributed by atoms with Gasteiger partial charge in [0.2, 0.25) is 0 Å². The second kappa shape index (κ2) is 6.73. The zero-order chi connectivity index (χ0) is 14.9. The van der Waals surface area contributed by atoms with Crippen LogP contribution in [-0.4, -0.2) is 12.2 Å². The first-order chi connectivity index (χ1) is 10.1. The van der Waals surface area contributed by atoms with E-state index in [0.717, 1.165) is 33.7 Å². The minimum absolute atomic E-state index is 0.0592. The molecule has 0 radical (unpaired) electrons. The van der Waals surface area contributed by atoms with Crippen molar-refractivity contribution in [3.63, 3.8) is 0 Å². The van der Waals surface area contributed by atoms with Crippen LogP contribution in [0.5, 0.6) is 0 Å². The first kappa shape index (κ1) is 16.0. The molecule has 118 valence electrons. The Kier molecular flexibility index (Phi) is 5.14. The van der Waals surface area contributed by atoms with E-state index in [1.54, 1.807) is 0 Å². The summed E-state index contributed by atoms with van der Waals surface area (Å²) in [6, 6.07) is 2.01. The third kappa shape index (κ3) is 3.41. The average molecular weight is 349 g/mol. The number of nitrogens with two attached hydrogens (primary N) is 1. The van der Waals surface area contributed by atoms with Crippen LogP contribution in [0.1, 0.15) is 56.6 Å². The molecule has 3 nitrogen and oxygen atoms in total. The Hall–Kier alpha value is 0.160. The van der Waals surface area contributed by atoms with Crippen LogP contribution in [0.4, 0.5) is 0 Å². The predicted molar refractivity (Wildman–Crippen MR) is 88.9 cm³/mol. The van der Waals surface area contributed by atoms with E-state index in [1.807, 2.05) is 6.07 Å². The van der Waals surface area contributed by atoms with E-state index in [9.17, 15) is 0 Å². The number of thiophene rings is 1. The van der Waals surface area contributed by atoms with Crippen molar-refractivity contribution in [3.8, 4) is 0 Å². The molecule has 6 heteroatoms. The number of ether oxygens (including phenoxy) is 1. The lowest BCUT2D eigenvalue weighted by atomic mass is 9.73. The molecule has 1 saturated carbocycles. The number of rotatable bonds is 3. The molecule has 0 aromatic carbocycles. The highest BCUT2D eigenvalue weighted by atomic mass is 35.5. The molecule has 2 heterocycles. The van der Waals surface area contributed by atoms with Gasteiger partial charge >= 0.3 is 0 Å². The van der Waals surface area contributed by atoms with Gasteiger partial charge in [0.25, 0.3) is 0 Å². The van der Waals surface area contributed by atoms with E-state index in [-0.39, 0.29) is 11.6 Å². The Balaban J connectivity index is 1.78. The van der Waals surface area contributed by atoms with Crippen LogP contribution in [0.25, 0.3) is 0 Å². The smallest absolute Gasteiger partial charge is 0.0992 e. The molecule has 3 rings (SSSR count). The Bertz CT molecular complexity index is 483. The highest BCUT2D eigenvalue weighted by Crippen LogP contribution is 2.46. The van der Waals surface area contributed by atoms with Gasteiger partial charge in [-0.15, -0.1) is 11.3 Å². The Labute approximate surface area is 140 Å². The van der Waals surface area contributed by atoms with Crippen LogP contribution in [-0.2, 0) is 4.74 Å². The van der Waals surface area contributed by atoms with Crippen molar-refractivity contribution >= 4 is 34.5 Å². The van der Waals surface area contributed by atoms with Crippen LogP contribution < -0.4 is 11.3 Å².